The van der Waals surface area contributed by atoms with Gasteiger partial charge in [-0.3, -0.25) is 9.59 Å². The largest absolute Gasteiger partial charge is 0.477 e. The standard InChI is InChI=1S/C14H17N3O3/c18-13-6-5-9(17-13)7-16-14(19)12-8-15-10-3-1-2-4-11(10)20-12/h1-4,9,12,15H,5-8H2,(H,16,19)(H,17,18). The number of ether oxygens (including phenoxy) is 1. The number of fused-ring (bicyclic) bond motifs is 1. The molecule has 1 fully saturated rings. The highest BCUT2D eigenvalue weighted by atomic mass is 16.5. The third-order valence-electron chi connectivity index (χ3n) is 3.53. The van der Waals surface area contributed by atoms with Gasteiger partial charge in [0.05, 0.1) is 12.2 Å². The Balaban J connectivity index is 1.52. The summed E-state index contributed by atoms with van der Waals surface area (Å²) in [4.78, 5) is 23.1. The highest BCUT2D eigenvalue weighted by Gasteiger charge is 2.27. The second-order valence-corrected chi connectivity index (χ2v) is 5.03. The van der Waals surface area contributed by atoms with E-state index < -0.39 is 6.10 Å². The predicted octanol–water partition coefficient (Wildman–Crippen LogP) is 0.254. The first kappa shape index (κ1) is 12.8. The van der Waals surface area contributed by atoms with Crippen LogP contribution in [0.3, 0.4) is 0 Å². The van der Waals surface area contributed by atoms with Crippen molar-refractivity contribution in [3.05, 3.63) is 24.3 Å². The number of hydrogen-bond donors (Lipinski definition) is 3. The van der Waals surface area contributed by atoms with Gasteiger partial charge in [-0.25, -0.2) is 0 Å². The highest BCUT2D eigenvalue weighted by Crippen LogP contribution is 2.28. The zero-order valence-electron chi connectivity index (χ0n) is 11.0. The van der Waals surface area contributed by atoms with Crippen molar-refractivity contribution in [3.8, 4) is 5.75 Å². The lowest BCUT2D eigenvalue weighted by atomic mass is 10.2. The van der Waals surface area contributed by atoms with Gasteiger partial charge in [0.15, 0.2) is 6.10 Å². The molecule has 2 heterocycles. The van der Waals surface area contributed by atoms with E-state index in [0.29, 0.717) is 25.3 Å². The van der Waals surface area contributed by atoms with Gasteiger partial charge in [-0.2, -0.15) is 0 Å². The van der Waals surface area contributed by atoms with E-state index in [4.69, 9.17) is 4.74 Å². The summed E-state index contributed by atoms with van der Waals surface area (Å²) in [6, 6.07) is 7.57. The van der Waals surface area contributed by atoms with E-state index in [2.05, 4.69) is 16.0 Å². The summed E-state index contributed by atoms with van der Waals surface area (Å²) in [5, 5.41) is 8.82. The monoisotopic (exact) mass is 275 g/mol. The van der Waals surface area contributed by atoms with E-state index in [9.17, 15) is 9.59 Å². The first-order chi connectivity index (χ1) is 9.72. The van der Waals surface area contributed by atoms with Gasteiger partial charge in [0.25, 0.3) is 5.91 Å². The molecule has 0 spiro atoms. The normalized spacial score (nSPS) is 24.1. The van der Waals surface area contributed by atoms with Crippen LogP contribution < -0.4 is 20.7 Å². The molecule has 1 aromatic carbocycles. The number of rotatable bonds is 3. The molecule has 0 aliphatic carbocycles. The summed E-state index contributed by atoms with van der Waals surface area (Å²) in [7, 11) is 0. The maximum atomic E-state index is 12.1. The minimum absolute atomic E-state index is 0.0373. The van der Waals surface area contributed by atoms with Crippen molar-refractivity contribution in [3.63, 3.8) is 0 Å². The molecule has 3 rings (SSSR count). The van der Waals surface area contributed by atoms with Crippen molar-refractivity contribution in [2.24, 2.45) is 0 Å². The average Bonchev–Trinajstić information content (AvgIpc) is 2.90. The number of anilines is 1. The molecule has 0 bridgehead atoms. The van der Waals surface area contributed by atoms with Crippen LogP contribution in [0.4, 0.5) is 5.69 Å². The molecule has 1 aromatic rings. The van der Waals surface area contributed by atoms with Gasteiger partial charge in [0.1, 0.15) is 5.75 Å². The molecular formula is C14H17N3O3. The molecule has 2 atom stereocenters. The smallest absolute Gasteiger partial charge is 0.263 e. The Morgan fingerprint density at radius 1 is 1.40 bits per heavy atom. The summed E-state index contributed by atoms with van der Waals surface area (Å²) in [6.07, 6.45) is 0.767. The Morgan fingerprint density at radius 2 is 2.25 bits per heavy atom. The fraction of sp³-hybridized carbons (Fsp3) is 0.429. The van der Waals surface area contributed by atoms with Gasteiger partial charge in [-0.15, -0.1) is 0 Å². The third-order valence-corrected chi connectivity index (χ3v) is 3.53. The summed E-state index contributed by atoms with van der Waals surface area (Å²) in [6.45, 7) is 0.895. The van der Waals surface area contributed by atoms with Crippen molar-refractivity contribution in [1.82, 2.24) is 10.6 Å². The van der Waals surface area contributed by atoms with Gasteiger partial charge in [-0.1, -0.05) is 12.1 Å². The first-order valence-corrected chi connectivity index (χ1v) is 6.79. The topological polar surface area (TPSA) is 79.5 Å². The number of carbonyl (C=O) groups excluding carboxylic acids is 2. The van der Waals surface area contributed by atoms with Crippen LogP contribution in [0.1, 0.15) is 12.8 Å². The molecular weight excluding hydrogens is 258 g/mol. The molecule has 3 N–H and O–H groups in total. The Labute approximate surface area is 116 Å². The number of hydrogen-bond acceptors (Lipinski definition) is 4. The number of amides is 2. The maximum absolute atomic E-state index is 12.1. The lowest BCUT2D eigenvalue weighted by molar-refractivity contribution is -0.128. The third kappa shape index (κ3) is 2.68. The molecule has 20 heavy (non-hydrogen) atoms. The molecule has 2 unspecified atom stereocenters. The molecule has 0 saturated carbocycles. The van der Waals surface area contributed by atoms with Crippen LogP contribution in [0.5, 0.6) is 5.75 Å². The molecule has 6 heteroatoms. The molecule has 0 radical (unpaired) electrons. The molecule has 0 aromatic heterocycles. The fourth-order valence-electron chi connectivity index (χ4n) is 2.43. The molecule has 2 amide bonds. The number of carbonyl (C=O) groups is 2. The molecule has 1 saturated heterocycles. The van der Waals surface area contributed by atoms with E-state index in [0.717, 1.165) is 12.1 Å². The van der Waals surface area contributed by atoms with E-state index in [1.54, 1.807) is 0 Å². The van der Waals surface area contributed by atoms with Crippen LogP contribution in [0.25, 0.3) is 0 Å². The van der Waals surface area contributed by atoms with Crippen LogP contribution in [0.2, 0.25) is 0 Å². The molecule has 2 aliphatic heterocycles. The van der Waals surface area contributed by atoms with Gasteiger partial charge >= 0.3 is 0 Å². The zero-order chi connectivity index (χ0) is 13.9. The summed E-state index contributed by atoms with van der Waals surface area (Å²) in [5.74, 6) is 0.579. The maximum Gasteiger partial charge on any atom is 0.263 e. The molecule has 6 nitrogen and oxygen atoms in total. The van der Waals surface area contributed by atoms with Gasteiger partial charge in [0.2, 0.25) is 5.91 Å². The Bertz CT molecular complexity index is 532. The van der Waals surface area contributed by atoms with Crippen LogP contribution in [0, 0.1) is 0 Å². The van der Waals surface area contributed by atoms with Crippen molar-refractivity contribution in [2.45, 2.75) is 25.0 Å². The fourth-order valence-corrected chi connectivity index (χ4v) is 2.43. The minimum Gasteiger partial charge on any atom is -0.477 e. The number of para-hydroxylation sites is 2. The van der Waals surface area contributed by atoms with Crippen LogP contribution in [-0.4, -0.2) is 37.0 Å². The van der Waals surface area contributed by atoms with Crippen molar-refractivity contribution < 1.29 is 14.3 Å². The van der Waals surface area contributed by atoms with Crippen LogP contribution >= 0.6 is 0 Å². The average molecular weight is 275 g/mol. The van der Waals surface area contributed by atoms with E-state index in [1.807, 2.05) is 24.3 Å². The lowest BCUT2D eigenvalue weighted by Crippen LogP contribution is -2.48. The van der Waals surface area contributed by atoms with Gasteiger partial charge in [-0.05, 0) is 18.6 Å². The lowest BCUT2D eigenvalue weighted by Gasteiger charge is -2.26. The highest BCUT2D eigenvalue weighted by molar-refractivity contribution is 5.83. The van der Waals surface area contributed by atoms with Crippen molar-refractivity contribution in [2.75, 3.05) is 18.4 Å². The second kappa shape index (κ2) is 5.40. The van der Waals surface area contributed by atoms with Crippen molar-refractivity contribution >= 4 is 17.5 Å². The van der Waals surface area contributed by atoms with Crippen LogP contribution in [0.15, 0.2) is 24.3 Å². The predicted molar refractivity (Wildman–Crippen MR) is 73.5 cm³/mol. The molecule has 106 valence electrons. The second-order valence-electron chi connectivity index (χ2n) is 5.03. The van der Waals surface area contributed by atoms with Crippen LogP contribution in [-0.2, 0) is 9.59 Å². The van der Waals surface area contributed by atoms with Crippen molar-refractivity contribution in [1.29, 1.82) is 0 Å². The number of benzene rings is 1. The minimum atomic E-state index is -0.540. The summed E-state index contributed by atoms with van der Waals surface area (Å²) < 4.78 is 5.67. The van der Waals surface area contributed by atoms with Gasteiger partial charge < -0.3 is 20.7 Å². The SMILES string of the molecule is O=C1CCC(CNC(=O)C2CNc3ccccc3O2)N1. The Hall–Kier alpha value is -2.24. The quantitative estimate of drug-likeness (QED) is 0.739. The Morgan fingerprint density at radius 3 is 3.05 bits per heavy atom. The van der Waals surface area contributed by atoms with E-state index >= 15 is 0 Å². The molecule has 2 aliphatic rings. The zero-order valence-corrected chi connectivity index (χ0v) is 11.0. The van der Waals surface area contributed by atoms with Gasteiger partial charge in [0, 0.05) is 19.0 Å². The van der Waals surface area contributed by atoms with E-state index in [1.165, 1.54) is 0 Å². The summed E-state index contributed by atoms with van der Waals surface area (Å²) >= 11 is 0. The Kier molecular flexibility index (Phi) is 3.45. The summed E-state index contributed by atoms with van der Waals surface area (Å²) in [5.41, 5.74) is 0.902. The van der Waals surface area contributed by atoms with E-state index in [-0.39, 0.29) is 17.9 Å². The first-order valence-electron chi connectivity index (χ1n) is 6.79. The number of nitrogens with one attached hydrogen (secondary N) is 3.